The zero-order chi connectivity index (χ0) is 14.9. The van der Waals surface area contributed by atoms with Crippen molar-refractivity contribution in [2.24, 2.45) is 7.05 Å². The molecular formula is C11H9ClFN3O3S. The van der Waals surface area contributed by atoms with Gasteiger partial charge in [-0.15, -0.1) is 0 Å². The lowest BCUT2D eigenvalue weighted by Crippen LogP contribution is -2.31. The zero-order valence-corrected chi connectivity index (χ0v) is 11.7. The van der Waals surface area contributed by atoms with E-state index < -0.39 is 27.3 Å². The van der Waals surface area contributed by atoms with Gasteiger partial charge in [-0.25, -0.2) is 17.5 Å². The van der Waals surface area contributed by atoms with Crippen LogP contribution in [0.1, 0.15) is 10.4 Å². The topological polar surface area (TPSA) is 81.1 Å². The number of aryl methyl sites for hydroxylation is 1. The molecule has 0 aliphatic carbocycles. The first-order valence-electron chi connectivity index (χ1n) is 5.30. The van der Waals surface area contributed by atoms with Gasteiger partial charge < -0.3 is 0 Å². The summed E-state index contributed by atoms with van der Waals surface area (Å²) in [6, 6.07) is 3.28. The largest absolute Gasteiger partial charge is 0.274 e. The lowest BCUT2D eigenvalue weighted by atomic mass is 10.2. The third kappa shape index (κ3) is 2.97. The van der Waals surface area contributed by atoms with E-state index in [9.17, 15) is 17.6 Å². The van der Waals surface area contributed by atoms with Crippen LogP contribution < -0.4 is 4.72 Å². The first-order chi connectivity index (χ1) is 9.29. The van der Waals surface area contributed by atoms with E-state index in [-0.39, 0.29) is 9.92 Å². The molecule has 0 saturated heterocycles. The van der Waals surface area contributed by atoms with Crippen LogP contribution in [-0.2, 0) is 17.1 Å². The van der Waals surface area contributed by atoms with E-state index in [4.69, 9.17) is 11.6 Å². The zero-order valence-electron chi connectivity index (χ0n) is 10.2. The van der Waals surface area contributed by atoms with Gasteiger partial charge >= 0.3 is 0 Å². The monoisotopic (exact) mass is 317 g/mol. The molecule has 0 bridgehead atoms. The maximum Gasteiger partial charge on any atom is 0.268 e. The van der Waals surface area contributed by atoms with Crippen molar-refractivity contribution in [3.63, 3.8) is 0 Å². The Kier molecular flexibility index (Phi) is 3.78. The second-order valence-electron chi connectivity index (χ2n) is 3.91. The predicted octanol–water partition coefficient (Wildman–Crippen LogP) is 1.33. The number of nitrogens with zero attached hydrogens (tertiary/aromatic N) is 2. The Morgan fingerprint density at radius 2 is 2.15 bits per heavy atom. The van der Waals surface area contributed by atoms with Gasteiger partial charge in [0.25, 0.3) is 15.9 Å². The number of rotatable bonds is 3. The second kappa shape index (κ2) is 5.22. The second-order valence-corrected chi connectivity index (χ2v) is 6.03. The molecule has 0 unspecified atom stereocenters. The Morgan fingerprint density at radius 1 is 1.45 bits per heavy atom. The molecule has 0 atom stereocenters. The lowest BCUT2D eigenvalue weighted by molar-refractivity contribution is 0.0977. The molecule has 2 aromatic rings. The molecule has 0 radical (unpaired) electrons. The molecule has 1 N–H and O–H groups in total. The number of hydrogen-bond donors (Lipinski definition) is 1. The Hall–Kier alpha value is -1.93. The fraction of sp³-hybridized carbons (Fsp3) is 0.0909. The molecule has 0 spiro atoms. The molecule has 6 nitrogen and oxygen atoms in total. The predicted molar refractivity (Wildman–Crippen MR) is 69.3 cm³/mol. The molecule has 0 aliphatic rings. The SMILES string of the molecule is Cn1cc(S(=O)(=O)NC(=O)c2cc(Cl)ccc2F)cn1. The Balaban J connectivity index is 2.30. The van der Waals surface area contributed by atoms with E-state index in [0.717, 1.165) is 18.3 Å². The highest BCUT2D eigenvalue weighted by atomic mass is 35.5. The number of amides is 1. The first kappa shape index (κ1) is 14.5. The molecule has 0 fully saturated rings. The molecule has 1 aromatic carbocycles. The molecule has 1 amide bonds. The Bertz CT molecular complexity index is 773. The minimum absolute atomic E-state index is 0.121. The lowest BCUT2D eigenvalue weighted by Gasteiger charge is -2.06. The van der Waals surface area contributed by atoms with Gasteiger partial charge in [-0.2, -0.15) is 5.10 Å². The van der Waals surface area contributed by atoms with Crippen molar-refractivity contribution in [2.75, 3.05) is 0 Å². The van der Waals surface area contributed by atoms with E-state index in [1.54, 1.807) is 4.72 Å². The van der Waals surface area contributed by atoms with Gasteiger partial charge in [0.2, 0.25) is 0 Å². The number of nitrogens with one attached hydrogen (secondary N) is 1. The van der Waals surface area contributed by atoms with Crippen molar-refractivity contribution in [1.82, 2.24) is 14.5 Å². The van der Waals surface area contributed by atoms with Crippen LogP contribution in [-0.4, -0.2) is 24.1 Å². The number of halogens is 2. The third-order valence-electron chi connectivity index (χ3n) is 2.39. The molecule has 9 heteroatoms. The molecule has 2 rings (SSSR count). The van der Waals surface area contributed by atoms with Gasteiger partial charge in [0.05, 0.1) is 11.8 Å². The number of hydrogen-bond acceptors (Lipinski definition) is 4. The van der Waals surface area contributed by atoms with E-state index in [2.05, 4.69) is 5.10 Å². The normalized spacial score (nSPS) is 11.3. The average Bonchev–Trinajstić information content (AvgIpc) is 2.79. The standard InChI is InChI=1S/C11H9ClFN3O3S/c1-16-6-8(5-14-16)20(18,19)15-11(17)9-4-7(12)2-3-10(9)13/h2-6H,1H3,(H,15,17). The maximum absolute atomic E-state index is 13.5. The highest BCUT2D eigenvalue weighted by Gasteiger charge is 2.22. The Labute approximate surface area is 119 Å². The van der Waals surface area contributed by atoms with E-state index in [1.165, 1.54) is 24.0 Å². The van der Waals surface area contributed by atoms with Crippen molar-refractivity contribution in [3.05, 3.63) is 47.0 Å². The van der Waals surface area contributed by atoms with Crippen molar-refractivity contribution < 1.29 is 17.6 Å². The average molecular weight is 318 g/mol. The summed E-state index contributed by atoms with van der Waals surface area (Å²) in [6.07, 6.45) is 2.29. The van der Waals surface area contributed by atoms with Gasteiger partial charge in [0, 0.05) is 18.3 Å². The van der Waals surface area contributed by atoms with Crippen LogP contribution in [0.2, 0.25) is 5.02 Å². The van der Waals surface area contributed by atoms with Crippen molar-refractivity contribution >= 4 is 27.5 Å². The van der Waals surface area contributed by atoms with Gasteiger partial charge in [0.15, 0.2) is 0 Å². The van der Waals surface area contributed by atoms with Crippen LogP contribution in [0.25, 0.3) is 0 Å². The van der Waals surface area contributed by atoms with Crippen LogP contribution in [0.5, 0.6) is 0 Å². The summed E-state index contributed by atoms with van der Waals surface area (Å²) < 4.78 is 40.3. The summed E-state index contributed by atoms with van der Waals surface area (Å²) in [6.45, 7) is 0. The molecule has 106 valence electrons. The fourth-order valence-electron chi connectivity index (χ4n) is 1.44. The van der Waals surface area contributed by atoms with Crippen LogP contribution in [0.15, 0.2) is 35.5 Å². The molecule has 20 heavy (non-hydrogen) atoms. The highest BCUT2D eigenvalue weighted by Crippen LogP contribution is 2.16. The van der Waals surface area contributed by atoms with Gasteiger partial charge in [0.1, 0.15) is 10.7 Å². The first-order valence-corrected chi connectivity index (χ1v) is 7.16. The number of aromatic nitrogens is 2. The summed E-state index contributed by atoms with van der Waals surface area (Å²) in [5.41, 5.74) is -0.454. The smallest absolute Gasteiger partial charge is 0.268 e. The summed E-state index contributed by atoms with van der Waals surface area (Å²) in [7, 11) is -2.58. The van der Waals surface area contributed by atoms with Crippen molar-refractivity contribution in [1.29, 1.82) is 0 Å². The van der Waals surface area contributed by atoms with Crippen molar-refractivity contribution in [3.8, 4) is 0 Å². The molecular weight excluding hydrogens is 309 g/mol. The number of carbonyl (C=O) groups is 1. The number of benzene rings is 1. The molecule has 0 saturated carbocycles. The minimum atomic E-state index is -4.11. The molecule has 1 aromatic heterocycles. The molecule has 0 aliphatic heterocycles. The summed E-state index contributed by atoms with van der Waals surface area (Å²) in [4.78, 5) is 11.6. The van der Waals surface area contributed by atoms with E-state index in [0.29, 0.717) is 0 Å². The summed E-state index contributed by atoms with van der Waals surface area (Å²) >= 11 is 5.64. The summed E-state index contributed by atoms with van der Waals surface area (Å²) in [5, 5.41) is 3.81. The van der Waals surface area contributed by atoms with Gasteiger partial charge in [-0.1, -0.05) is 11.6 Å². The minimum Gasteiger partial charge on any atom is -0.274 e. The van der Waals surface area contributed by atoms with Gasteiger partial charge in [-0.3, -0.25) is 9.48 Å². The molecule has 1 heterocycles. The number of carbonyl (C=O) groups excluding carboxylic acids is 1. The third-order valence-corrected chi connectivity index (χ3v) is 3.91. The van der Waals surface area contributed by atoms with Crippen LogP contribution in [0.4, 0.5) is 4.39 Å². The highest BCUT2D eigenvalue weighted by molar-refractivity contribution is 7.90. The van der Waals surface area contributed by atoms with Crippen molar-refractivity contribution in [2.45, 2.75) is 4.90 Å². The summed E-state index contributed by atoms with van der Waals surface area (Å²) in [5.74, 6) is -1.97. The van der Waals surface area contributed by atoms with Crippen LogP contribution >= 0.6 is 11.6 Å². The van der Waals surface area contributed by atoms with E-state index >= 15 is 0 Å². The quantitative estimate of drug-likeness (QED) is 0.926. The Morgan fingerprint density at radius 3 is 2.75 bits per heavy atom. The van der Waals surface area contributed by atoms with Crippen LogP contribution in [0.3, 0.4) is 0 Å². The van der Waals surface area contributed by atoms with E-state index in [1.807, 2.05) is 0 Å². The number of sulfonamides is 1. The van der Waals surface area contributed by atoms with Gasteiger partial charge in [-0.05, 0) is 18.2 Å². The van der Waals surface area contributed by atoms with Crippen LogP contribution in [0, 0.1) is 5.82 Å². The maximum atomic E-state index is 13.5. The fourth-order valence-corrected chi connectivity index (χ4v) is 2.57.